The number of anilines is 1. The summed E-state index contributed by atoms with van der Waals surface area (Å²) in [7, 11) is 1.56. The van der Waals surface area contributed by atoms with Crippen LogP contribution in [0.15, 0.2) is 42.5 Å². The van der Waals surface area contributed by atoms with Crippen LogP contribution in [-0.4, -0.2) is 47.0 Å². The van der Waals surface area contributed by atoms with Gasteiger partial charge in [-0.05, 0) is 44.2 Å². The second kappa shape index (κ2) is 10.2. The molecule has 2 aromatic carbocycles. The van der Waals surface area contributed by atoms with Crippen molar-refractivity contribution in [2.75, 3.05) is 19.0 Å². The number of H-pyrrole nitrogens is 1. The largest absolute Gasteiger partial charge is 0.488 e. The lowest BCUT2D eigenvalue weighted by Gasteiger charge is -2.16. The van der Waals surface area contributed by atoms with Crippen molar-refractivity contribution in [3.05, 3.63) is 64.3 Å². The number of carbonyl (C=O) groups excluding carboxylic acids is 1. The van der Waals surface area contributed by atoms with Gasteiger partial charge in [0.25, 0.3) is 5.91 Å². The Morgan fingerprint density at radius 1 is 1.16 bits per heavy atom. The molecule has 0 aliphatic rings. The molecule has 32 heavy (non-hydrogen) atoms. The fourth-order valence-electron chi connectivity index (χ4n) is 2.84. The molecule has 1 atom stereocenters. The number of ether oxygens (including phenoxy) is 3. The van der Waals surface area contributed by atoms with E-state index in [4.69, 9.17) is 30.9 Å². The first kappa shape index (κ1) is 23.1. The predicted octanol–water partition coefficient (Wildman–Crippen LogP) is 4.53. The first-order valence-corrected chi connectivity index (χ1v) is 9.97. The highest BCUT2D eigenvalue weighted by molar-refractivity contribution is 6.32. The molecule has 0 bridgehead atoms. The average molecular weight is 460 g/mol. The smallest absolute Gasteiger partial charge is 0.335 e. The maximum absolute atomic E-state index is 12.8. The number of rotatable bonds is 9. The molecule has 0 unspecified atom stereocenters. The van der Waals surface area contributed by atoms with Gasteiger partial charge >= 0.3 is 5.97 Å². The molecule has 0 saturated heterocycles. The van der Waals surface area contributed by atoms with Crippen molar-refractivity contribution in [3.8, 4) is 17.2 Å². The van der Waals surface area contributed by atoms with Gasteiger partial charge in [0.1, 0.15) is 23.4 Å². The van der Waals surface area contributed by atoms with Crippen molar-refractivity contribution in [3.63, 3.8) is 0 Å². The van der Waals surface area contributed by atoms with Gasteiger partial charge in [-0.1, -0.05) is 11.6 Å². The number of benzene rings is 2. The summed E-state index contributed by atoms with van der Waals surface area (Å²) in [6.07, 6.45) is -0.279. The molecular weight excluding hydrogens is 438 g/mol. The quantitative estimate of drug-likeness (QED) is 0.429. The number of aromatic carboxylic acids is 1. The number of aryl methyl sites for hydroxylation is 1. The zero-order chi connectivity index (χ0) is 23.3. The molecule has 1 aromatic heterocycles. The van der Waals surface area contributed by atoms with E-state index in [2.05, 4.69) is 15.5 Å². The van der Waals surface area contributed by atoms with Gasteiger partial charge < -0.3 is 24.6 Å². The topological polar surface area (TPSA) is 123 Å². The zero-order valence-electron chi connectivity index (χ0n) is 17.6. The maximum atomic E-state index is 12.8. The van der Waals surface area contributed by atoms with Crippen molar-refractivity contribution in [1.82, 2.24) is 10.2 Å². The van der Waals surface area contributed by atoms with Gasteiger partial charge in [0.05, 0.1) is 17.2 Å². The highest BCUT2D eigenvalue weighted by Crippen LogP contribution is 2.33. The van der Waals surface area contributed by atoms with E-state index in [0.717, 1.165) is 5.69 Å². The molecular formula is C22H22ClN3O6. The van der Waals surface area contributed by atoms with Crippen molar-refractivity contribution in [2.24, 2.45) is 0 Å². The molecule has 10 heteroatoms. The van der Waals surface area contributed by atoms with Crippen LogP contribution in [-0.2, 0) is 4.74 Å². The monoisotopic (exact) mass is 459 g/mol. The minimum Gasteiger partial charge on any atom is -0.488 e. The maximum Gasteiger partial charge on any atom is 0.335 e. The summed E-state index contributed by atoms with van der Waals surface area (Å²) >= 11 is 6.17. The Hall–Kier alpha value is -3.56. The number of aromatic amines is 1. The Morgan fingerprint density at radius 2 is 1.91 bits per heavy atom. The number of hydrogen-bond donors (Lipinski definition) is 3. The fraction of sp³-hybridized carbons (Fsp3) is 0.227. The lowest BCUT2D eigenvalue weighted by Crippen LogP contribution is -2.18. The van der Waals surface area contributed by atoms with Crippen molar-refractivity contribution < 1.29 is 28.9 Å². The summed E-state index contributed by atoms with van der Waals surface area (Å²) in [6.45, 7) is 3.99. The number of nitrogens with one attached hydrogen (secondary N) is 2. The summed E-state index contributed by atoms with van der Waals surface area (Å²) in [5.41, 5.74) is 1.09. The minimum absolute atomic E-state index is 0.0298. The first-order valence-electron chi connectivity index (χ1n) is 9.60. The number of amides is 1. The number of carboxylic acids is 1. The Balaban J connectivity index is 1.90. The molecule has 1 heterocycles. The summed E-state index contributed by atoms with van der Waals surface area (Å²) in [4.78, 5) is 23.9. The number of carbonyl (C=O) groups is 2. The summed E-state index contributed by atoms with van der Waals surface area (Å²) < 4.78 is 16.8. The van der Waals surface area contributed by atoms with Gasteiger partial charge in [0, 0.05) is 30.5 Å². The van der Waals surface area contributed by atoms with E-state index < -0.39 is 11.9 Å². The van der Waals surface area contributed by atoms with E-state index in [1.54, 1.807) is 25.3 Å². The van der Waals surface area contributed by atoms with Crippen molar-refractivity contribution in [1.29, 1.82) is 0 Å². The third kappa shape index (κ3) is 5.99. The molecule has 0 spiro atoms. The van der Waals surface area contributed by atoms with Crippen molar-refractivity contribution in [2.45, 2.75) is 20.0 Å². The van der Waals surface area contributed by atoms with Crippen LogP contribution in [0.5, 0.6) is 17.2 Å². The standard InChI is InChI=1S/C22H22ClN3O6/c1-12-6-20(26-25-12)24-21(27)15-7-16(31-13(2)11-30-3)10-17(8-15)32-19-5-4-14(22(28)29)9-18(19)23/h4-10,13H,11H2,1-3H3,(H,28,29)(H2,24,25,26,27)/t13-/m0/s1. The van der Waals surface area contributed by atoms with Gasteiger partial charge in [-0.15, -0.1) is 0 Å². The number of methoxy groups -OCH3 is 1. The molecule has 3 aromatic rings. The normalized spacial score (nSPS) is 11.6. The molecule has 0 aliphatic carbocycles. The molecule has 3 N–H and O–H groups in total. The second-order valence-corrected chi connectivity index (χ2v) is 7.43. The van der Waals surface area contributed by atoms with E-state index in [0.29, 0.717) is 18.2 Å². The van der Waals surface area contributed by atoms with E-state index in [-0.39, 0.29) is 33.8 Å². The highest BCUT2D eigenvalue weighted by atomic mass is 35.5. The number of aromatic nitrogens is 2. The lowest BCUT2D eigenvalue weighted by atomic mass is 10.1. The Morgan fingerprint density at radius 3 is 2.53 bits per heavy atom. The molecule has 0 saturated carbocycles. The molecule has 1 amide bonds. The highest BCUT2D eigenvalue weighted by Gasteiger charge is 2.15. The minimum atomic E-state index is -1.10. The Labute approximate surface area is 189 Å². The molecule has 0 aliphatic heterocycles. The van der Waals surface area contributed by atoms with E-state index in [1.165, 1.54) is 24.3 Å². The molecule has 3 rings (SSSR count). The summed E-state index contributed by atoms with van der Waals surface area (Å²) in [5.74, 6) is -0.254. The average Bonchev–Trinajstić information content (AvgIpc) is 3.13. The van der Waals surface area contributed by atoms with E-state index in [9.17, 15) is 9.59 Å². The number of halogens is 1. The van der Waals surface area contributed by atoms with Crippen LogP contribution in [0.2, 0.25) is 5.02 Å². The van der Waals surface area contributed by atoms with Crippen LogP contribution in [0.3, 0.4) is 0 Å². The van der Waals surface area contributed by atoms with Gasteiger partial charge in [-0.2, -0.15) is 5.10 Å². The molecule has 168 valence electrons. The molecule has 0 fully saturated rings. The Bertz CT molecular complexity index is 1130. The first-order chi connectivity index (χ1) is 15.2. The molecule has 0 radical (unpaired) electrons. The van der Waals surface area contributed by atoms with E-state index in [1.807, 2.05) is 13.8 Å². The fourth-order valence-corrected chi connectivity index (χ4v) is 3.06. The SMILES string of the molecule is COC[C@H](C)Oc1cc(Oc2ccc(C(=O)O)cc2Cl)cc(C(=O)Nc2cc(C)[nH]n2)c1. The van der Waals surface area contributed by atoms with Crippen LogP contribution in [0.1, 0.15) is 33.3 Å². The third-order valence-corrected chi connectivity index (χ3v) is 4.53. The third-order valence-electron chi connectivity index (χ3n) is 4.24. The summed E-state index contributed by atoms with van der Waals surface area (Å²) in [6, 6.07) is 10.5. The summed E-state index contributed by atoms with van der Waals surface area (Å²) in [5, 5.41) is 18.7. The van der Waals surface area contributed by atoms with Gasteiger partial charge in [-0.3, -0.25) is 9.89 Å². The predicted molar refractivity (Wildman–Crippen MR) is 118 cm³/mol. The second-order valence-electron chi connectivity index (χ2n) is 7.02. The van der Waals surface area contributed by atoms with Crippen LogP contribution >= 0.6 is 11.6 Å². The van der Waals surface area contributed by atoms with Gasteiger partial charge in [0.2, 0.25) is 0 Å². The van der Waals surface area contributed by atoms with Crippen molar-refractivity contribution >= 4 is 29.3 Å². The van der Waals surface area contributed by atoms with Gasteiger partial charge in [0.15, 0.2) is 5.82 Å². The zero-order valence-corrected chi connectivity index (χ0v) is 18.4. The van der Waals surface area contributed by atoms with Crippen LogP contribution in [0, 0.1) is 6.92 Å². The van der Waals surface area contributed by atoms with Gasteiger partial charge in [-0.25, -0.2) is 4.79 Å². The van der Waals surface area contributed by atoms with Crippen LogP contribution < -0.4 is 14.8 Å². The number of hydrogen-bond acceptors (Lipinski definition) is 6. The Kier molecular flexibility index (Phi) is 7.34. The van der Waals surface area contributed by atoms with Crippen LogP contribution in [0.25, 0.3) is 0 Å². The molecule has 9 nitrogen and oxygen atoms in total. The van der Waals surface area contributed by atoms with Crippen LogP contribution in [0.4, 0.5) is 5.82 Å². The number of nitrogens with zero attached hydrogens (tertiary/aromatic N) is 1. The lowest BCUT2D eigenvalue weighted by molar-refractivity contribution is 0.0696. The number of carboxylic acid groups (broad SMARTS) is 1. The van der Waals surface area contributed by atoms with E-state index >= 15 is 0 Å².